The largest absolute Gasteiger partial charge is 0.466 e. The first-order chi connectivity index (χ1) is 19.3. The molecule has 1 amide bonds. The van der Waals surface area contributed by atoms with Gasteiger partial charge in [-0.25, -0.2) is 13.6 Å². The van der Waals surface area contributed by atoms with E-state index < -0.39 is 23.5 Å². The molecule has 200 valence electrons. The quantitative estimate of drug-likeness (QED) is 0.174. The maximum Gasteiger partial charge on any atom is 0.330 e. The molecule has 0 unspecified atom stereocenters. The first-order valence-corrected chi connectivity index (χ1v) is 12.5. The number of hydrogen-bond acceptors (Lipinski definition) is 4. The molecule has 0 atom stereocenters. The molecule has 0 aliphatic rings. The Labute approximate surface area is 229 Å². The molecule has 8 heteroatoms. The van der Waals surface area contributed by atoms with Crippen molar-refractivity contribution < 1.29 is 23.1 Å². The SMILES string of the molecule is COC(=O)/C=C/c1cc(F)cc(N(Cc2ccc(-c3ccc4c(cnn4C)c3)cc2F)C(=O)c2ccccc2)c1. The average molecular weight is 538 g/mol. The normalized spacial score (nSPS) is 11.2. The predicted octanol–water partition coefficient (Wildman–Crippen LogP) is 6.55. The third-order valence-electron chi connectivity index (χ3n) is 6.56. The van der Waals surface area contributed by atoms with Gasteiger partial charge < -0.3 is 9.64 Å². The lowest BCUT2D eigenvalue weighted by atomic mass is 10.0. The number of carbonyl (C=O) groups is 2. The van der Waals surface area contributed by atoms with E-state index in [0.717, 1.165) is 22.5 Å². The highest BCUT2D eigenvalue weighted by atomic mass is 19.1. The molecule has 6 nitrogen and oxygen atoms in total. The van der Waals surface area contributed by atoms with Crippen LogP contribution in [0.15, 0.2) is 97.2 Å². The highest BCUT2D eigenvalue weighted by Gasteiger charge is 2.21. The van der Waals surface area contributed by atoms with Crippen molar-refractivity contribution in [2.75, 3.05) is 12.0 Å². The molecular weight excluding hydrogens is 512 g/mol. The Morgan fingerprint density at radius 3 is 2.45 bits per heavy atom. The number of esters is 1. The molecule has 0 radical (unpaired) electrons. The van der Waals surface area contributed by atoms with E-state index in [2.05, 4.69) is 9.84 Å². The fourth-order valence-electron chi connectivity index (χ4n) is 4.47. The molecule has 4 aromatic carbocycles. The van der Waals surface area contributed by atoms with E-state index in [1.54, 1.807) is 59.4 Å². The van der Waals surface area contributed by atoms with Gasteiger partial charge in [-0.1, -0.05) is 36.4 Å². The van der Waals surface area contributed by atoms with Crippen LogP contribution in [0.1, 0.15) is 21.5 Å². The zero-order chi connectivity index (χ0) is 28.2. The van der Waals surface area contributed by atoms with Crippen LogP contribution in [0.2, 0.25) is 0 Å². The van der Waals surface area contributed by atoms with E-state index in [4.69, 9.17) is 0 Å². The Bertz CT molecular complexity index is 1750. The Balaban J connectivity index is 1.51. The van der Waals surface area contributed by atoms with Gasteiger partial charge >= 0.3 is 5.97 Å². The Hall–Kier alpha value is -5.11. The Kier molecular flexibility index (Phi) is 7.50. The van der Waals surface area contributed by atoms with Crippen molar-refractivity contribution in [3.63, 3.8) is 0 Å². The number of fused-ring (bicyclic) bond motifs is 1. The minimum absolute atomic E-state index is 0.148. The number of carbonyl (C=O) groups excluding carboxylic acids is 2. The number of aryl methyl sites for hydroxylation is 1. The maximum absolute atomic E-state index is 15.5. The van der Waals surface area contributed by atoms with E-state index in [1.165, 1.54) is 36.3 Å². The van der Waals surface area contributed by atoms with Gasteiger partial charge in [0.05, 0.1) is 25.4 Å². The molecule has 0 saturated heterocycles. The molecule has 0 saturated carbocycles. The van der Waals surface area contributed by atoms with Crippen LogP contribution < -0.4 is 4.90 Å². The van der Waals surface area contributed by atoms with Crippen molar-refractivity contribution >= 4 is 34.5 Å². The lowest BCUT2D eigenvalue weighted by molar-refractivity contribution is -0.134. The summed E-state index contributed by atoms with van der Waals surface area (Å²) in [5.74, 6) is -2.15. The van der Waals surface area contributed by atoms with Crippen molar-refractivity contribution in [3.05, 3.63) is 126 Å². The van der Waals surface area contributed by atoms with Gasteiger partial charge in [0.15, 0.2) is 0 Å². The molecule has 0 bridgehead atoms. The molecule has 40 heavy (non-hydrogen) atoms. The van der Waals surface area contributed by atoms with Crippen LogP contribution in [0.25, 0.3) is 28.1 Å². The van der Waals surface area contributed by atoms with Crippen molar-refractivity contribution in [2.45, 2.75) is 6.54 Å². The number of aromatic nitrogens is 2. The highest BCUT2D eigenvalue weighted by Crippen LogP contribution is 2.29. The first-order valence-electron chi connectivity index (χ1n) is 12.5. The van der Waals surface area contributed by atoms with E-state index in [-0.39, 0.29) is 17.8 Å². The summed E-state index contributed by atoms with van der Waals surface area (Å²) in [6.07, 6.45) is 4.30. The standard InChI is InChI=1S/C32H25F2N3O3/c1-36-30-12-11-23(16-26(30)19-35-36)24-9-10-25(29(34)17-24)20-37(32(39)22-6-4-3-5-7-22)28-15-21(14-27(33)18-28)8-13-31(38)40-2/h3-19H,20H2,1-2H3/b13-8+. The third-order valence-corrected chi connectivity index (χ3v) is 6.56. The number of ether oxygens (including phenoxy) is 1. The highest BCUT2D eigenvalue weighted by molar-refractivity contribution is 6.06. The summed E-state index contributed by atoms with van der Waals surface area (Å²) in [6, 6.07) is 23.1. The minimum Gasteiger partial charge on any atom is -0.466 e. The summed E-state index contributed by atoms with van der Waals surface area (Å²) < 4.78 is 36.5. The van der Waals surface area contributed by atoms with E-state index >= 15 is 4.39 Å². The van der Waals surface area contributed by atoms with Crippen LogP contribution in [0, 0.1) is 11.6 Å². The topological polar surface area (TPSA) is 64.4 Å². The van der Waals surface area contributed by atoms with Crippen molar-refractivity contribution in [2.24, 2.45) is 7.05 Å². The molecule has 0 aliphatic heterocycles. The number of benzene rings is 4. The summed E-state index contributed by atoms with van der Waals surface area (Å²) in [6.45, 7) is -0.148. The monoisotopic (exact) mass is 537 g/mol. The number of amides is 1. The van der Waals surface area contributed by atoms with Gasteiger partial charge in [0, 0.05) is 35.3 Å². The van der Waals surface area contributed by atoms with E-state index in [1.807, 2.05) is 25.2 Å². The van der Waals surface area contributed by atoms with Crippen LogP contribution in [-0.4, -0.2) is 28.8 Å². The van der Waals surface area contributed by atoms with Gasteiger partial charge in [0.25, 0.3) is 5.91 Å². The molecule has 0 spiro atoms. The second-order valence-corrected chi connectivity index (χ2v) is 9.20. The van der Waals surface area contributed by atoms with Crippen molar-refractivity contribution in [1.29, 1.82) is 0 Å². The summed E-state index contributed by atoms with van der Waals surface area (Å²) in [4.78, 5) is 26.4. The number of anilines is 1. The Morgan fingerprint density at radius 1 is 0.950 bits per heavy atom. The molecular formula is C32H25F2N3O3. The molecule has 1 heterocycles. The number of nitrogens with zero attached hydrogens (tertiary/aromatic N) is 3. The van der Waals surface area contributed by atoms with Gasteiger partial charge in [0.2, 0.25) is 0 Å². The summed E-state index contributed by atoms with van der Waals surface area (Å²) >= 11 is 0. The van der Waals surface area contributed by atoms with Crippen molar-refractivity contribution in [1.82, 2.24) is 9.78 Å². The molecule has 0 N–H and O–H groups in total. The third kappa shape index (κ3) is 5.66. The van der Waals surface area contributed by atoms with Gasteiger partial charge in [-0.3, -0.25) is 9.48 Å². The van der Waals surface area contributed by atoms with E-state index in [9.17, 15) is 14.0 Å². The lowest BCUT2D eigenvalue weighted by Crippen LogP contribution is -2.31. The minimum atomic E-state index is -0.616. The molecule has 5 aromatic rings. The summed E-state index contributed by atoms with van der Waals surface area (Å²) in [5, 5.41) is 5.19. The summed E-state index contributed by atoms with van der Waals surface area (Å²) in [7, 11) is 3.09. The van der Waals surface area contributed by atoms with Crippen LogP contribution in [0.4, 0.5) is 14.5 Å². The van der Waals surface area contributed by atoms with Crippen LogP contribution in [-0.2, 0) is 23.1 Å². The van der Waals surface area contributed by atoms with Gasteiger partial charge in [-0.2, -0.15) is 5.10 Å². The Morgan fingerprint density at radius 2 is 1.70 bits per heavy atom. The fourth-order valence-corrected chi connectivity index (χ4v) is 4.47. The lowest BCUT2D eigenvalue weighted by Gasteiger charge is -2.24. The van der Waals surface area contributed by atoms with Gasteiger partial charge in [-0.15, -0.1) is 0 Å². The first kappa shape index (κ1) is 26.5. The van der Waals surface area contributed by atoms with Crippen molar-refractivity contribution in [3.8, 4) is 11.1 Å². The van der Waals surface area contributed by atoms with E-state index in [0.29, 0.717) is 16.7 Å². The number of halogens is 2. The second-order valence-electron chi connectivity index (χ2n) is 9.20. The fraction of sp³-hybridized carbons (Fsp3) is 0.0938. The molecule has 0 fully saturated rings. The molecule has 0 aliphatic carbocycles. The zero-order valence-electron chi connectivity index (χ0n) is 21.8. The number of methoxy groups -OCH3 is 1. The second kappa shape index (κ2) is 11.3. The number of rotatable bonds is 7. The maximum atomic E-state index is 15.5. The average Bonchev–Trinajstić information content (AvgIpc) is 3.34. The van der Waals surface area contributed by atoms with Crippen LogP contribution in [0.3, 0.4) is 0 Å². The number of hydrogen-bond donors (Lipinski definition) is 0. The van der Waals surface area contributed by atoms with Gasteiger partial charge in [-0.05, 0) is 71.3 Å². The summed E-state index contributed by atoms with van der Waals surface area (Å²) in [5.41, 5.74) is 3.64. The molecule has 1 aromatic heterocycles. The smallest absolute Gasteiger partial charge is 0.330 e. The van der Waals surface area contributed by atoms with Gasteiger partial charge in [0.1, 0.15) is 11.6 Å². The zero-order valence-corrected chi connectivity index (χ0v) is 21.8. The van der Waals surface area contributed by atoms with Crippen LogP contribution in [0.5, 0.6) is 0 Å². The molecule has 5 rings (SSSR count). The van der Waals surface area contributed by atoms with Crippen LogP contribution >= 0.6 is 0 Å². The predicted molar refractivity (Wildman–Crippen MR) is 151 cm³/mol.